The van der Waals surface area contributed by atoms with Crippen LogP contribution in [-0.2, 0) is 17.6 Å². The molecule has 1 aromatic carbocycles. The molecule has 132 valence electrons. The highest BCUT2D eigenvalue weighted by Gasteiger charge is 2.25. The number of quaternary nitrogens is 1. The lowest BCUT2D eigenvalue weighted by atomic mass is 10.0. The Balaban J connectivity index is 1.88. The third-order valence-electron chi connectivity index (χ3n) is 4.43. The van der Waals surface area contributed by atoms with Crippen LogP contribution in [0, 0.1) is 0 Å². The molecule has 1 N–H and O–H groups in total. The van der Waals surface area contributed by atoms with Gasteiger partial charge in [-0.2, -0.15) is 0 Å². The number of benzene rings is 1. The van der Waals surface area contributed by atoms with Crippen molar-refractivity contribution in [2.75, 3.05) is 14.1 Å². The number of rotatable bonds is 6. The molecule has 1 amide bonds. The number of hydroxylamine groups is 3. The van der Waals surface area contributed by atoms with E-state index in [2.05, 4.69) is 47.9 Å². The van der Waals surface area contributed by atoms with Gasteiger partial charge in [-0.1, -0.05) is 37.6 Å². The molecule has 0 aliphatic heterocycles. The monoisotopic (exact) mass is 357 g/mol. The van der Waals surface area contributed by atoms with Crippen molar-refractivity contribution in [3.8, 4) is 11.1 Å². The maximum Gasteiger partial charge on any atom is 0.351 e. The van der Waals surface area contributed by atoms with E-state index in [0.717, 1.165) is 22.5 Å². The van der Waals surface area contributed by atoms with Gasteiger partial charge in [0.25, 0.3) is 0 Å². The van der Waals surface area contributed by atoms with Crippen LogP contribution in [0.4, 0.5) is 0 Å². The van der Waals surface area contributed by atoms with Gasteiger partial charge in [0.15, 0.2) is 0 Å². The minimum Gasteiger partial charge on any atom is -0.310 e. The standard InChI is InChI=1S/C20H25N2O2S/c1-4-5-7-15-8-6-9-16(10-15)17-11-19-21(13-17)18(14-25-19)12-20(23)22(2,3)24/h6,8-11,13-14,24H,4-5,7,12H2,1-3H3/q+1. The third-order valence-corrected chi connectivity index (χ3v) is 5.38. The van der Waals surface area contributed by atoms with E-state index >= 15 is 0 Å². The Hall–Kier alpha value is -1.95. The van der Waals surface area contributed by atoms with Crippen LogP contribution in [0.5, 0.6) is 0 Å². The Morgan fingerprint density at radius 3 is 2.76 bits per heavy atom. The summed E-state index contributed by atoms with van der Waals surface area (Å²) in [4.78, 5) is 13.2. The molecule has 0 unspecified atom stereocenters. The number of unbranched alkanes of at least 4 members (excludes halogenated alkanes) is 1. The van der Waals surface area contributed by atoms with E-state index in [4.69, 9.17) is 0 Å². The summed E-state index contributed by atoms with van der Waals surface area (Å²) in [7, 11) is 2.96. The fourth-order valence-corrected chi connectivity index (χ4v) is 3.80. The second-order valence-corrected chi connectivity index (χ2v) is 7.82. The lowest BCUT2D eigenvalue weighted by Crippen LogP contribution is -2.43. The summed E-state index contributed by atoms with van der Waals surface area (Å²) in [5.41, 5.74) is 4.65. The summed E-state index contributed by atoms with van der Waals surface area (Å²) >= 11 is 1.62. The summed E-state index contributed by atoms with van der Waals surface area (Å²) in [6.07, 6.45) is 5.81. The molecule has 0 saturated heterocycles. The summed E-state index contributed by atoms with van der Waals surface area (Å²) in [6.45, 7) is 2.21. The molecule has 0 aliphatic rings. The van der Waals surface area contributed by atoms with Gasteiger partial charge in [0.2, 0.25) is 0 Å². The molecule has 2 aromatic heterocycles. The topological polar surface area (TPSA) is 41.7 Å². The smallest absolute Gasteiger partial charge is 0.310 e. The van der Waals surface area contributed by atoms with E-state index in [-0.39, 0.29) is 12.3 Å². The van der Waals surface area contributed by atoms with E-state index in [9.17, 15) is 10.0 Å². The maximum absolute atomic E-state index is 12.1. The molecule has 2 heterocycles. The number of thiazole rings is 1. The molecule has 5 heteroatoms. The van der Waals surface area contributed by atoms with Crippen LogP contribution in [0.2, 0.25) is 0 Å². The van der Waals surface area contributed by atoms with Gasteiger partial charge in [0.1, 0.15) is 20.5 Å². The maximum atomic E-state index is 12.1. The average molecular weight is 357 g/mol. The van der Waals surface area contributed by atoms with Gasteiger partial charge in [0, 0.05) is 22.8 Å². The highest BCUT2D eigenvalue weighted by Crippen LogP contribution is 2.28. The average Bonchev–Trinajstić information content (AvgIpc) is 3.14. The first kappa shape index (κ1) is 17.9. The van der Waals surface area contributed by atoms with Crippen LogP contribution in [0.25, 0.3) is 16.0 Å². The minimum atomic E-state index is -0.648. The Morgan fingerprint density at radius 1 is 1.24 bits per heavy atom. The Bertz CT molecular complexity index is 887. The zero-order valence-corrected chi connectivity index (χ0v) is 15.8. The van der Waals surface area contributed by atoms with Crippen molar-refractivity contribution in [2.45, 2.75) is 32.6 Å². The van der Waals surface area contributed by atoms with Crippen LogP contribution in [-0.4, -0.2) is 34.3 Å². The fraction of sp³-hybridized carbons (Fsp3) is 0.350. The second kappa shape index (κ2) is 7.12. The van der Waals surface area contributed by atoms with Gasteiger partial charge in [0.05, 0.1) is 4.83 Å². The van der Waals surface area contributed by atoms with Crippen molar-refractivity contribution < 1.29 is 14.6 Å². The van der Waals surface area contributed by atoms with E-state index in [1.165, 1.54) is 38.1 Å². The van der Waals surface area contributed by atoms with Crippen LogP contribution >= 0.6 is 11.3 Å². The molecule has 0 bridgehead atoms. The third kappa shape index (κ3) is 4.00. The Morgan fingerprint density at radius 2 is 2.04 bits per heavy atom. The summed E-state index contributed by atoms with van der Waals surface area (Å²) in [6, 6.07) is 10.9. The molecular weight excluding hydrogens is 332 g/mol. The molecule has 0 fully saturated rings. The van der Waals surface area contributed by atoms with E-state index in [1.54, 1.807) is 11.3 Å². The van der Waals surface area contributed by atoms with Crippen LogP contribution in [0.3, 0.4) is 0 Å². The number of carbonyl (C=O) groups is 1. The predicted molar refractivity (Wildman–Crippen MR) is 102 cm³/mol. The van der Waals surface area contributed by atoms with Crippen LogP contribution < -0.4 is 0 Å². The SMILES string of the molecule is CCCCc1cccc(-c2cc3scc(CC(=O)[N+](C)(C)O)n3c2)c1. The molecule has 0 radical (unpaired) electrons. The molecule has 3 rings (SSSR count). The first-order valence-electron chi connectivity index (χ1n) is 8.66. The van der Waals surface area contributed by atoms with E-state index in [0.29, 0.717) is 0 Å². The highest BCUT2D eigenvalue weighted by atomic mass is 32.1. The molecule has 0 spiro atoms. The lowest BCUT2D eigenvalue weighted by Gasteiger charge is -2.15. The molecule has 0 atom stereocenters. The number of aromatic nitrogens is 1. The predicted octanol–water partition coefficient (Wildman–Crippen LogP) is 4.55. The largest absolute Gasteiger partial charge is 0.351 e. The second-order valence-electron chi connectivity index (χ2n) is 6.93. The number of nitrogens with zero attached hydrogens (tertiary/aromatic N) is 2. The Kier molecular flexibility index (Phi) is 5.08. The van der Waals surface area contributed by atoms with Gasteiger partial charge < -0.3 is 4.40 Å². The fourth-order valence-electron chi connectivity index (χ4n) is 2.86. The molecule has 0 saturated carbocycles. The number of hydrogen-bond acceptors (Lipinski definition) is 3. The first-order valence-corrected chi connectivity index (χ1v) is 9.54. The molecule has 25 heavy (non-hydrogen) atoms. The summed E-state index contributed by atoms with van der Waals surface area (Å²) in [5.74, 6) is -0.225. The van der Waals surface area contributed by atoms with Crippen LogP contribution in [0.15, 0.2) is 41.9 Å². The molecule has 4 nitrogen and oxygen atoms in total. The van der Waals surface area contributed by atoms with E-state index in [1.807, 2.05) is 5.38 Å². The summed E-state index contributed by atoms with van der Waals surface area (Å²) < 4.78 is 1.41. The normalized spacial score (nSPS) is 12.0. The van der Waals surface area contributed by atoms with Gasteiger partial charge in [-0.3, -0.25) is 0 Å². The van der Waals surface area contributed by atoms with Gasteiger partial charge in [-0.05, 0) is 30.0 Å². The zero-order chi connectivity index (χ0) is 18.0. The van der Waals surface area contributed by atoms with Gasteiger partial charge in [-0.25, -0.2) is 10.0 Å². The Labute approximate surface area is 152 Å². The number of aryl methyl sites for hydroxylation is 1. The van der Waals surface area contributed by atoms with Gasteiger partial charge >= 0.3 is 5.91 Å². The number of amides is 1. The number of fused-ring (bicyclic) bond motifs is 1. The lowest BCUT2D eigenvalue weighted by molar-refractivity contribution is -1.01. The van der Waals surface area contributed by atoms with Crippen molar-refractivity contribution in [3.63, 3.8) is 0 Å². The molecule has 0 aliphatic carbocycles. The molecular formula is C20H25N2O2S+. The van der Waals surface area contributed by atoms with Crippen molar-refractivity contribution in [2.24, 2.45) is 0 Å². The van der Waals surface area contributed by atoms with Crippen molar-refractivity contribution >= 4 is 22.1 Å². The quantitative estimate of drug-likeness (QED) is 0.400. The minimum absolute atomic E-state index is 0.216. The van der Waals surface area contributed by atoms with Crippen molar-refractivity contribution in [1.82, 2.24) is 4.40 Å². The van der Waals surface area contributed by atoms with Crippen LogP contribution in [0.1, 0.15) is 31.0 Å². The molecule has 3 aromatic rings. The zero-order valence-electron chi connectivity index (χ0n) is 15.0. The van der Waals surface area contributed by atoms with E-state index < -0.39 is 4.65 Å². The number of carbonyl (C=O) groups excluding carboxylic acids is 1. The summed E-state index contributed by atoms with van der Waals surface area (Å²) in [5, 5.41) is 11.8. The highest BCUT2D eigenvalue weighted by molar-refractivity contribution is 7.15. The first-order chi connectivity index (χ1) is 11.9. The van der Waals surface area contributed by atoms with Crippen molar-refractivity contribution in [3.05, 3.63) is 53.2 Å². The number of hydrogen-bond donors (Lipinski definition) is 1. The number of likely N-dealkylation sites (N-methyl/N-ethyl adjacent to an activating group) is 1. The van der Waals surface area contributed by atoms with Gasteiger partial charge in [-0.15, -0.1) is 16.0 Å². The van der Waals surface area contributed by atoms with Crippen molar-refractivity contribution in [1.29, 1.82) is 0 Å².